The van der Waals surface area contributed by atoms with Gasteiger partial charge < -0.3 is 18.3 Å². The van der Waals surface area contributed by atoms with Crippen molar-refractivity contribution in [3.05, 3.63) is 207 Å². The number of aromatic amines is 1. The van der Waals surface area contributed by atoms with Gasteiger partial charge in [0.1, 0.15) is 54.4 Å². The third kappa shape index (κ3) is 337. The van der Waals surface area contributed by atoms with Gasteiger partial charge in [-0.15, -0.1) is 48.2 Å². The quantitative estimate of drug-likeness (QED) is 0.147. The van der Waals surface area contributed by atoms with Crippen molar-refractivity contribution in [3.8, 4) is 0 Å². The van der Waals surface area contributed by atoms with Crippen LogP contribution < -0.4 is 0 Å². The summed E-state index contributed by atoms with van der Waals surface area (Å²) in [5.41, 5.74) is 6.83. The van der Waals surface area contributed by atoms with Crippen molar-refractivity contribution >= 4 is 57.3 Å². The highest BCUT2D eigenvalue weighted by Crippen LogP contribution is 1.89. The van der Waals surface area contributed by atoms with Crippen molar-refractivity contribution in [1.29, 1.82) is 0 Å². The molecule has 0 saturated carbocycles. The molecule has 12 heterocycles. The van der Waals surface area contributed by atoms with Crippen molar-refractivity contribution in [2.24, 2.45) is 71.0 Å². The number of nitrogens with zero attached hydrogens (tertiary/aromatic N) is 20. The van der Waals surface area contributed by atoms with Crippen LogP contribution in [0, 0.1) is 71.0 Å². The number of rotatable bonds is 0. The van der Waals surface area contributed by atoms with Crippen LogP contribution in [0.1, 0.15) is 249 Å². The minimum atomic E-state index is 0.833. The zero-order valence-electron chi connectivity index (χ0n) is 75.3. The fraction of sp³-hybridized carbons (Fsp3) is 0.585. The van der Waals surface area contributed by atoms with Gasteiger partial charge in [0.05, 0.1) is 24.2 Å². The highest BCUT2D eigenvalue weighted by Gasteiger charge is 1.75. The molecule has 0 unspecified atom stereocenters. The Labute approximate surface area is 696 Å². The zero-order chi connectivity index (χ0) is 87.5. The summed E-state index contributed by atoms with van der Waals surface area (Å²) in [7, 11) is 0. The van der Waals surface area contributed by atoms with Crippen LogP contribution in [0.4, 0.5) is 0 Å². The number of hydrogen-bond acceptors (Lipinski definition) is 28. The maximum Gasteiger partial charge on any atom is 0.213 e. The smallest absolute Gasteiger partial charge is 0.213 e. The summed E-state index contributed by atoms with van der Waals surface area (Å²) in [4.78, 5) is 42.6. The Morgan fingerprint density at radius 3 is 0.802 bits per heavy atom. The fourth-order valence-electron chi connectivity index (χ4n) is 2.19. The molecular weight excluding hydrogens is 1490 g/mol. The number of nitrogens with one attached hydrogen (secondary N) is 1. The molecule has 0 aliphatic heterocycles. The molecule has 12 rings (SSSR count). The number of imidazole rings is 1. The van der Waals surface area contributed by atoms with Crippen molar-refractivity contribution in [3.63, 3.8) is 0 Å². The maximum absolute atomic E-state index is 4.47. The zero-order valence-corrected chi connectivity index (χ0v) is 79.4. The predicted octanol–water partition coefficient (Wildman–Crippen LogP) is 26.5. The van der Waals surface area contributed by atoms with E-state index in [0.717, 1.165) is 71.0 Å². The van der Waals surface area contributed by atoms with E-state index in [1.54, 1.807) is 108 Å². The highest BCUT2D eigenvalue weighted by atomic mass is 32.1. The second kappa shape index (κ2) is 126. The van der Waals surface area contributed by atoms with Crippen LogP contribution in [0.5, 0.6) is 0 Å². The standard InChI is InChI=1S/C5H5N.C4H4N2.12C4H10.C3H3N3.C3H4N2.C3H3NO.2C3H3NS.2C2H2N2O.3C2H2N2S/c1-2-4-6-5-3-1;1-2-5-4-6-3-1;12*1-4(2)3;1-4-2-6-3-5-1;3*1-2-5-3-4-1;1-2-4-5-3-1;1-3-4-2-5-1;1-3-2-5-4-1;1-3-4-2-5-1;1-3-2-5-4-1;1-2-5-4-3-1/h1-5H;1-4H;12*4H,1-3H3;1-3H;1-3H,(H,4,5);3*1-3H;5*1-2H. The van der Waals surface area contributed by atoms with Crippen LogP contribution in [0.3, 0.4) is 0 Å². The Morgan fingerprint density at radius 1 is 0.252 bits per heavy atom. The molecule has 111 heavy (non-hydrogen) atoms. The summed E-state index contributed by atoms with van der Waals surface area (Å²) < 4.78 is 24.0. The minimum absolute atomic E-state index is 0.833. The van der Waals surface area contributed by atoms with Crippen LogP contribution in [-0.4, -0.2) is 104 Å². The van der Waals surface area contributed by atoms with E-state index < -0.39 is 0 Å². The van der Waals surface area contributed by atoms with E-state index in [-0.39, 0.29) is 0 Å². The van der Waals surface area contributed by atoms with Crippen molar-refractivity contribution < 1.29 is 13.4 Å². The molecule has 0 aliphatic rings. The van der Waals surface area contributed by atoms with Gasteiger partial charge in [-0.1, -0.05) is 265 Å². The number of hydrogen-bond donors (Lipinski definition) is 1. The Morgan fingerprint density at radius 2 is 0.694 bits per heavy atom. The molecule has 0 radical (unpaired) electrons. The maximum atomic E-state index is 4.47. The van der Waals surface area contributed by atoms with Gasteiger partial charge >= 0.3 is 0 Å². The molecule has 0 spiro atoms. The van der Waals surface area contributed by atoms with Gasteiger partial charge in [-0.2, -0.15) is 4.37 Å². The van der Waals surface area contributed by atoms with Crippen LogP contribution in [0.2, 0.25) is 0 Å². The lowest BCUT2D eigenvalue weighted by molar-refractivity contribution is 0.416. The lowest BCUT2D eigenvalue weighted by Crippen LogP contribution is -1.73. The molecule has 0 aliphatic carbocycles. The van der Waals surface area contributed by atoms with Gasteiger partial charge in [0.25, 0.3) is 0 Å². The molecule has 29 heteroatoms. The molecule has 12 aromatic heterocycles. The van der Waals surface area contributed by atoms with E-state index in [9.17, 15) is 0 Å². The number of aromatic nitrogens is 21. The first-order chi connectivity index (χ1) is 52.3. The molecule has 1 N–H and O–H groups in total. The molecule has 0 saturated heterocycles. The molecule has 0 amide bonds. The van der Waals surface area contributed by atoms with Crippen LogP contribution in [0.15, 0.2) is 220 Å². The third-order valence-electron chi connectivity index (χ3n) is 4.30. The van der Waals surface area contributed by atoms with E-state index >= 15 is 0 Å². The van der Waals surface area contributed by atoms with Crippen molar-refractivity contribution in [2.75, 3.05) is 0 Å². The van der Waals surface area contributed by atoms with Crippen LogP contribution in [-0.2, 0) is 0 Å². The minimum Gasteiger partial charge on any atom is -0.452 e. The Bertz CT molecular complexity index is 2040. The molecular formula is C82H155N21O3S5. The number of thiazole rings is 1. The monoisotopic (exact) mass is 1640 g/mol. The number of oxazole rings is 1. The van der Waals surface area contributed by atoms with E-state index in [1.807, 2.05) is 40.4 Å². The number of pyridine rings is 1. The van der Waals surface area contributed by atoms with Crippen LogP contribution >= 0.6 is 57.3 Å². The average Bonchev–Trinajstić information content (AvgIpc) is 2.16. The third-order valence-corrected chi connectivity index (χ3v) is 6.65. The van der Waals surface area contributed by atoms with Gasteiger partial charge in [0.2, 0.25) is 19.2 Å². The van der Waals surface area contributed by atoms with Gasteiger partial charge in [0.15, 0.2) is 12.7 Å². The molecule has 12 aromatic rings. The summed E-state index contributed by atoms with van der Waals surface area (Å²) in [5, 5.41) is 26.0. The SMILES string of the molecule is CC(C)C.CC(C)C.CC(C)C.CC(C)C.CC(C)C.CC(C)C.CC(C)C.CC(C)C.CC(C)C.CC(C)C.CC(C)C.CC(C)C.c1c[nH]cn1.c1ccncc1.c1cncnc1.c1cnsc1.c1cocn1.c1cscn1.c1csnn1.c1ncncn1.c1ncon1.c1ncsn1.c1nnco1.c1nncs1. The second-order valence-corrected chi connectivity index (χ2v) is 32.6. The van der Waals surface area contributed by atoms with Gasteiger partial charge in [0, 0.05) is 65.7 Å². The largest absolute Gasteiger partial charge is 0.452 e. The Kier molecular flexibility index (Phi) is 146. The molecule has 0 aromatic carbocycles. The first-order valence-electron chi connectivity index (χ1n) is 37.3. The summed E-state index contributed by atoms with van der Waals surface area (Å²) in [5.74, 6) is 10.0. The first-order valence-corrected chi connectivity index (χ1v) is 41.7. The molecule has 636 valence electrons. The van der Waals surface area contributed by atoms with E-state index in [0.29, 0.717) is 0 Å². The predicted molar refractivity (Wildman–Crippen MR) is 480 cm³/mol. The summed E-state index contributed by atoms with van der Waals surface area (Å²) in [6, 6.07) is 9.40. The van der Waals surface area contributed by atoms with E-state index in [1.165, 1.54) is 116 Å². The lowest BCUT2D eigenvalue weighted by Gasteiger charge is -1.79. The summed E-state index contributed by atoms with van der Waals surface area (Å²) in [6.07, 6.45) is 34.1. The molecule has 0 fully saturated rings. The van der Waals surface area contributed by atoms with Gasteiger partial charge in [-0.05, 0) is 130 Å². The number of H-pyrrole nitrogens is 1. The van der Waals surface area contributed by atoms with E-state index in [2.05, 4.69) is 366 Å². The molecule has 24 nitrogen and oxygen atoms in total. The average molecular weight is 1640 g/mol. The first kappa shape index (κ1) is 129. The summed E-state index contributed by atoms with van der Waals surface area (Å²) >= 11 is 7.26. The molecule has 0 atom stereocenters. The van der Waals surface area contributed by atoms with Crippen LogP contribution in [0.25, 0.3) is 0 Å². The van der Waals surface area contributed by atoms with Crippen molar-refractivity contribution in [2.45, 2.75) is 249 Å². The topological polar surface area (TPSA) is 313 Å². The van der Waals surface area contributed by atoms with Crippen molar-refractivity contribution in [1.82, 2.24) is 104 Å². The second-order valence-electron chi connectivity index (χ2n) is 29.2. The van der Waals surface area contributed by atoms with E-state index in [4.69, 9.17) is 0 Å². The summed E-state index contributed by atoms with van der Waals surface area (Å²) in [6.45, 7) is 78.0. The Hall–Kier alpha value is -8.12. The lowest BCUT2D eigenvalue weighted by atomic mass is 10.3. The fourth-order valence-corrected chi connectivity index (χ4v) is 3.71. The molecule has 0 bridgehead atoms. The van der Waals surface area contributed by atoms with Gasteiger partial charge in [-0.3, -0.25) is 9.97 Å². The Balaban J connectivity index is -0.0000000923. The highest BCUT2D eigenvalue weighted by molar-refractivity contribution is 7.07. The van der Waals surface area contributed by atoms with Gasteiger partial charge in [-0.25, -0.2) is 49.2 Å². The normalized spacial score (nSPS) is 8.43.